The van der Waals surface area contributed by atoms with E-state index in [1.807, 2.05) is 0 Å². The Morgan fingerprint density at radius 1 is 1.20 bits per heavy atom. The van der Waals surface area contributed by atoms with Gasteiger partial charge in [0.15, 0.2) is 0 Å². The summed E-state index contributed by atoms with van der Waals surface area (Å²) in [6, 6.07) is 9.56. The Morgan fingerprint density at radius 2 is 1.90 bits per heavy atom. The van der Waals surface area contributed by atoms with Gasteiger partial charge in [-0.25, -0.2) is 8.78 Å². The molecule has 0 bridgehead atoms. The Kier molecular flexibility index (Phi) is 4.44. The average molecular weight is 342 g/mol. The van der Waals surface area contributed by atoms with Gasteiger partial charge >= 0.3 is 0 Å². The molecule has 0 aliphatic heterocycles. The minimum atomic E-state index is -0.676. The molecule has 0 aliphatic carbocycles. The number of alkyl halides is 1. The third kappa shape index (κ3) is 3.19. The zero-order valence-corrected chi connectivity index (χ0v) is 11.8. The summed E-state index contributed by atoms with van der Waals surface area (Å²) in [5, 5.41) is 10.9. The Labute approximate surface area is 122 Å². The van der Waals surface area contributed by atoms with Gasteiger partial charge in [0.25, 0.3) is 5.69 Å². The first-order valence-corrected chi connectivity index (χ1v) is 6.72. The zero-order valence-electron chi connectivity index (χ0n) is 10.2. The van der Waals surface area contributed by atoms with Gasteiger partial charge in [-0.05, 0) is 12.5 Å². The number of nitrogens with zero attached hydrogens (tertiary/aromatic N) is 1. The Morgan fingerprint density at radius 3 is 2.55 bits per heavy atom. The lowest BCUT2D eigenvalue weighted by Gasteiger charge is -2.11. The van der Waals surface area contributed by atoms with Crippen LogP contribution in [0.15, 0.2) is 42.5 Å². The van der Waals surface area contributed by atoms with E-state index < -0.39 is 21.4 Å². The normalized spacial score (nSPS) is 12.2. The van der Waals surface area contributed by atoms with Crippen LogP contribution < -0.4 is 0 Å². The molecular formula is C14H10BrF2NO2. The van der Waals surface area contributed by atoms with Crippen molar-refractivity contribution < 1.29 is 13.7 Å². The Hall–Kier alpha value is -1.82. The van der Waals surface area contributed by atoms with Crippen molar-refractivity contribution in [3.05, 3.63) is 75.3 Å². The lowest BCUT2D eigenvalue weighted by Crippen LogP contribution is -2.02. The first kappa shape index (κ1) is 14.6. The fourth-order valence-electron chi connectivity index (χ4n) is 1.92. The summed E-state index contributed by atoms with van der Waals surface area (Å²) >= 11 is 3.30. The minimum absolute atomic E-state index is 0.0144. The third-order valence-electron chi connectivity index (χ3n) is 2.89. The van der Waals surface area contributed by atoms with Crippen molar-refractivity contribution in [2.75, 3.05) is 0 Å². The molecule has 20 heavy (non-hydrogen) atoms. The van der Waals surface area contributed by atoms with Crippen molar-refractivity contribution in [3.63, 3.8) is 0 Å². The molecule has 1 atom stereocenters. The van der Waals surface area contributed by atoms with Crippen molar-refractivity contribution in [2.24, 2.45) is 0 Å². The van der Waals surface area contributed by atoms with Crippen LogP contribution in [-0.2, 0) is 6.42 Å². The van der Waals surface area contributed by atoms with Crippen LogP contribution in [0.25, 0.3) is 0 Å². The van der Waals surface area contributed by atoms with E-state index in [0.29, 0.717) is 5.56 Å². The van der Waals surface area contributed by atoms with Gasteiger partial charge in [-0.1, -0.05) is 40.2 Å². The van der Waals surface area contributed by atoms with E-state index in [1.54, 1.807) is 18.2 Å². The highest BCUT2D eigenvalue weighted by atomic mass is 79.9. The number of halogens is 3. The molecule has 0 spiro atoms. The highest BCUT2D eigenvalue weighted by molar-refractivity contribution is 9.09. The molecule has 0 aliphatic rings. The van der Waals surface area contributed by atoms with Gasteiger partial charge < -0.3 is 0 Å². The van der Waals surface area contributed by atoms with Gasteiger partial charge in [0.2, 0.25) is 0 Å². The second-order valence-corrected chi connectivity index (χ2v) is 5.33. The molecule has 2 aromatic carbocycles. The summed E-state index contributed by atoms with van der Waals surface area (Å²) in [4.78, 5) is 9.97. The molecular weight excluding hydrogens is 332 g/mol. The first-order chi connectivity index (χ1) is 9.49. The smallest absolute Gasteiger partial charge is 0.258 e. The van der Waals surface area contributed by atoms with E-state index in [-0.39, 0.29) is 17.7 Å². The molecule has 0 aromatic heterocycles. The van der Waals surface area contributed by atoms with Gasteiger partial charge in [-0.3, -0.25) is 10.1 Å². The Balaban J connectivity index is 2.28. The van der Waals surface area contributed by atoms with Crippen LogP contribution in [0, 0.1) is 21.7 Å². The summed E-state index contributed by atoms with van der Waals surface area (Å²) in [5.41, 5.74) is 0.743. The summed E-state index contributed by atoms with van der Waals surface area (Å²) in [5.74, 6) is -1.33. The number of para-hydroxylation sites is 1. The molecule has 0 heterocycles. The van der Waals surface area contributed by atoms with E-state index in [1.165, 1.54) is 12.1 Å². The average Bonchev–Trinajstić information content (AvgIpc) is 2.38. The van der Waals surface area contributed by atoms with E-state index >= 15 is 0 Å². The highest BCUT2D eigenvalue weighted by Crippen LogP contribution is 2.32. The molecule has 0 fully saturated rings. The number of benzene rings is 2. The number of hydrogen-bond donors (Lipinski definition) is 0. The largest absolute Gasteiger partial charge is 0.272 e. The van der Waals surface area contributed by atoms with Crippen LogP contribution in [0.2, 0.25) is 0 Å². The quantitative estimate of drug-likeness (QED) is 0.465. The number of rotatable bonds is 4. The third-order valence-corrected chi connectivity index (χ3v) is 3.70. The van der Waals surface area contributed by atoms with Gasteiger partial charge in [0, 0.05) is 28.1 Å². The van der Waals surface area contributed by atoms with Crippen LogP contribution >= 0.6 is 15.9 Å². The summed E-state index contributed by atoms with van der Waals surface area (Å²) in [6.45, 7) is 0. The maximum absolute atomic E-state index is 13.7. The second kappa shape index (κ2) is 6.09. The summed E-state index contributed by atoms with van der Waals surface area (Å²) < 4.78 is 26.5. The first-order valence-electron chi connectivity index (χ1n) is 5.80. The molecule has 104 valence electrons. The van der Waals surface area contributed by atoms with E-state index in [9.17, 15) is 18.9 Å². The molecule has 0 saturated carbocycles. The maximum Gasteiger partial charge on any atom is 0.272 e. The Bertz CT molecular complexity index is 649. The minimum Gasteiger partial charge on any atom is -0.258 e. The van der Waals surface area contributed by atoms with Crippen LogP contribution in [0.5, 0.6) is 0 Å². The lowest BCUT2D eigenvalue weighted by molar-refractivity contribution is -0.385. The van der Waals surface area contributed by atoms with Gasteiger partial charge in [0.1, 0.15) is 11.6 Å². The van der Waals surface area contributed by atoms with Gasteiger partial charge in [0.05, 0.1) is 4.92 Å². The summed E-state index contributed by atoms with van der Waals surface area (Å²) in [7, 11) is 0. The molecule has 6 heteroatoms. The van der Waals surface area contributed by atoms with Crippen molar-refractivity contribution >= 4 is 21.6 Å². The standard InChI is InChI=1S/C14H10BrF2NO2/c15-12(11-6-5-10(16)8-13(11)17)7-9-3-1-2-4-14(9)18(19)20/h1-6,8,12H,7H2. The van der Waals surface area contributed by atoms with E-state index in [0.717, 1.165) is 12.1 Å². The van der Waals surface area contributed by atoms with Gasteiger partial charge in [-0.2, -0.15) is 0 Å². The number of nitro groups is 1. The van der Waals surface area contributed by atoms with E-state index in [2.05, 4.69) is 15.9 Å². The molecule has 2 rings (SSSR count). The van der Waals surface area contributed by atoms with Crippen molar-refractivity contribution in [2.45, 2.75) is 11.2 Å². The predicted octanol–water partition coefficient (Wildman–Crippen LogP) is 4.55. The van der Waals surface area contributed by atoms with Gasteiger partial charge in [-0.15, -0.1) is 0 Å². The molecule has 0 N–H and O–H groups in total. The van der Waals surface area contributed by atoms with Crippen molar-refractivity contribution in [1.29, 1.82) is 0 Å². The highest BCUT2D eigenvalue weighted by Gasteiger charge is 2.19. The maximum atomic E-state index is 13.7. The van der Waals surface area contributed by atoms with Crippen LogP contribution in [0.3, 0.4) is 0 Å². The second-order valence-electron chi connectivity index (χ2n) is 4.22. The summed E-state index contributed by atoms with van der Waals surface area (Å²) in [6.07, 6.45) is 0.236. The monoisotopic (exact) mass is 341 g/mol. The van der Waals surface area contributed by atoms with Crippen LogP contribution in [0.1, 0.15) is 16.0 Å². The number of hydrogen-bond acceptors (Lipinski definition) is 2. The molecule has 0 radical (unpaired) electrons. The van der Waals surface area contributed by atoms with Crippen molar-refractivity contribution in [1.82, 2.24) is 0 Å². The fraction of sp³-hybridized carbons (Fsp3) is 0.143. The molecule has 3 nitrogen and oxygen atoms in total. The molecule has 0 amide bonds. The SMILES string of the molecule is O=[N+]([O-])c1ccccc1CC(Br)c1ccc(F)cc1F. The topological polar surface area (TPSA) is 43.1 Å². The molecule has 2 aromatic rings. The molecule has 1 unspecified atom stereocenters. The van der Waals surface area contributed by atoms with E-state index in [4.69, 9.17) is 0 Å². The van der Waals surface area contributed by atoms with Crippen molar-refractivity contribution in [3.8, 4) is 0 Å². The fourth-order valence-corrected chi connectivity index (χ4v) is 2.64. The predicted molar refractivity (Wildman–Crippen MR) is 74.8 cm³/mol. The van der Waals surface area contributed by atoms with Crippen LogP contribution in [-0.4, -0.2) is 4.92 Å². The molecule has 0 saturated heterocycles. The van der Waals surface area contributed by atoms with Crippen LogP contribution in [0.4, 0.5) is 14.5 Å². The number of nitro benzene ring substituents is 1. The lowest BCUT2D eigenvalue weighted by atomic mass is 10.0. The zero-order chi connectivity index (χ0) is 14.7.